The number of carbonyl (C=O) groups is 1. The Labute approximate surface area is 170 Å². The number of hydrogen-bond donors (Lipinski definition) is 2. The average Bonchev–Trinajstić information content (AvgIpc) is 2.99. The Morgan fingerprint density at radius 2 is 1.90 bits per heavy atom. The van der Waals surface area contributed by atoms with Crippen LogP contribution in [0.15, 0.2) is 4.42 Å². The quantitative estimate of drug-likeness (QED) is 0.648. The zero-order valence-corrected chi connectivity index (χ0v) is 16.3. The van der Waals surface area contributed by atoms with E-state index in [1.807, 2.05) is 0 Å². The third-order valence-electron chi connectivity index (χ3n) is 6.87. The van der Waals surface area contributed by atoms with Gasteiger partial charge in [0.2, 0.25) is 17.7 Å². The number of rotatable bonds is 8. The number of alkyl halides is 3. The van der Waals surface area contributed by atoms with Gasteiger partial charge in [-0.3, -0.25) is 9.53 Å². The first kappa shape index (κ1) is 20.2. The molecule has 1 heterocycles. The van der Waals surface area contributed by atoms with E-state index < -0.39 is 12.5 Å². The summed E-state index contributed by atoms with van der Waals surface area (Å²) in [6.45, 7) is 0.497. The van der Waals surface area contributed by atoms with Crippen LogP contribution in [0.1, 0.15) is 62.6 Å². The van der Waals surface area contributed by atoms with Gasteiger partial charge in [-0.2, -0.15) is 0 Å². The fourth-order valence-electron chi connectivity index (χ4n) is 5.30. The van der Waals surface area contributed by atoms with Gasteiger partial charge in [0.05, 0.1) is 24.2 Å². The van der Waals surface area contributed by atoms with Crippen molar-refractivity contribution >= 4 is 5.91 Å². The third-order valence-corrected chi connectivity index (χ3v) is 6.87. The zero-order chi connectivity index (χ0) is 21.1. The predicted molar refractivity (Wildman–Crippen MR) is 93.2 cm³/mol. The van der Waals surface area contributed by atoms with Gasteiger partial charge in [0, 0.05) is 11.5 Å². The zero-order valence-electron chi connectivity index (χ0n) is 16.3. The van der Waals surface area contributed by atoms with Gasteiger partial charge in [0.15, 0.2) is 0 Å². The lowest BCUT2D eigenvalue weighted by molar-refractivity contribution is -0.352. The fraction of sp³-hybridized carbons (Fsp3) is 0.842. The number of ether oxygens (including phenoxy) is 2. The van der Waals surface area contributed by atoms with Crippen LogP contribution in [-0.4, -0.2) is 58.5 Å². The van der Waals surface area contributed by atoms with Crippen LogP contribution in [0.3, 0.4) is 0 Å². The maximum atomic E-state index is 12.2. The molecule has 30 heavy (non-hydrogen) atoms. The molecule has 0 saturated heterocycles. The Kier molecular flexibility index (Phi) is 4.64. The van der Waals surface area contributed by atoms with Gasteiger partial charge >= 0.3 is 6.36 Å². The highest BCUT2D eigenvalue weighted by Crippen LogP contribution is 2.67. The molecule has 5 saturated carbocycles. The minimum atomic E-state index is -4.62. The number of nitrogens with zero attached hydrogens (tertiary/aromatic N) is 2. The molecule has 0 radical (unpaired) electrons. The summed E-state index contributed by atoms with van der Waals surface area (Å²) < 4.78 is 51.8. The molecule has 11 heteroatoms. The van der Waals surface area contributed by atoms with Crippen LogP contribution in [0.25, 0.3) is 0 Å². The van der Waals surface area contributed by atoms with Crippen molar-refractivity contribution < 1.29 is 37.0 Å². The van der Waals surface area contributed by atoms with Crippen molar-refractivity contribution in [2.45, 2.75) is 80.4 Å². The van der Waals surface area contributed by atoms with Crippen LogP contribution >= 0.6 is 0 Å². The summed E-state index contributed by atoms with van der Waals surface area (Å²) in [5.74, 6) is 0.856. The van der Waals surface area contributed by atoms with Gasteiger partial charge in [0.1, 0.15) is 6.61 Å². The molecule has 5 aliphatic rings. The summed E-state index contributed by atoms with van der Waals surface area (Å²) >= 11 is 0. The predicted octanol–water partition coefficient (Wildman–Crippen LogP) is 1.93. The van der Waals surface area contributed by atoms with Crippen molar-refractivity contribution in [3.8, 4) is 0 Å². The Morgan fingerprint density at radius 3 is 2.53 bits per heavy atom. The van der Waals surface area contributed by atoms with Crippen LogP contribution in [0.4, 0.5) is 13.2 Å². The number of amides is 1. The summed E-state index contributed by atoms with van der Waals surface area (Å²) in [5, 5.41) is 20.4. The third kappa shape index (κ3) is 3.71. The molecule has 0 unspecified atom stereocenters. The molecule has 0 aliphatic heterocycles. The molecule has 0 aromatic carbocycles. The number of halogens is 3. The molecule has 0 spiro atoms. The number of hydrogen-bond acceptors (Lipinski definition) is 7. The number of aromatic nitrogens is 2. The van der Waals surface area contributed by atoms with Gasteiger partial charge in [-0.1, -0.05) is 0 Å². The van der Waals surface area contributed by atoms with E-state index in [-0.39, 0.29) is 48.3 Å². The molecule has 8 nitrogen and oxygen atoms in total. The van der Waals surface area contributed by atoms with Crippen LogP contribution in [-0.2, 0) is 19.7 Å². The largest absolute Gasteiger partial charge is 0.522 e. The summed E-state index contributed by atoms with van der Waals surface area (Å²) in [5.41, 5.74) is -0.475. The molecule has 2 N–H and O–H groups in total. The molecule has 0 atom stereocenters. The van der Waals surface area contributed by atoms with Crippen molar-refractivity contribution in [3.05, 3.63) is 11.8 Å². The molecule has 2 bridgehead atoms. The van der Waals surface area contributed by atoms with Crippen molar-refractivity contribution in [1.82, 2.24) is 15.5 Å². The van der Waals surface area contributed by atoms with E-state index >= 15 is 0 Å². The molecule has 5 aliphatic carbocycles. The first-order valence-corrected chi connectivity index (χ1v) is 10.3. The van der Waals surface area contributed by atoms with E-state index in [0.29, 0.717) is 43.6 Å². The lowest BCUT2D eigenvalue weighted by atomic mass is 9.39. The van der Waals surface area contributed by atoms with Crippen LogP contribution in [0.2, 0.25) is 0 Å². The standard InChI is InChI=1S/C19H24F3N3O5/c20-19(21,22)30-13-3-11(4-13)15-24-25-16(29-15)17-7-18(8-17,9-17)23-14(27)6-28-5-10-1-12(26)2-10/h10-13,26H,1-9H2,(H,23,27). The minimum Gasteiger partial charge on any atom is -0.424 e. The summed E-state index contributed by atoms with van der Waals surface area (Å²) in [7, 11) is 0. The molecule has 1 amide bonds. The lowest BCUT2D eigenvalue weighted by Crippen LogP contribution is -2.77. The van der Waals surface area contributed by atoms with E-state index in [1.54, 1.807) is 0 Å². The fourth-order valence-corrected chi connectivity index (χ4v) is 5.30. The average molecular weight is 431 g/mol. The van der Waals surface area contributed by atoms with Crippen molar-refractivity contribution in [2.24, 2.45) is 5.92 Å². The Hall–Kier alpha value is -1.72. The highest BCUT2D eigenvalue weighted by atomic mass is 19.4. The van der Waals surface area contributed by atoms with E-state index in [0.717, 1.165) is 12.8 Å². The van der Waals surface area contributed by atoms with Crippen LogP contribution in [0, 0.1) is 5.92 Å². The summed E-state index contributed by atoms with van der Waals surface area (Å²) in [6.07, 6.45) is -1.66. The van der Waals surface area contributed by atoms with Gasteiger partial charge in [-0.05, 0) is 50.9 Å². The topological polar surface area (TPSA) is 107 Å². The monoisotopic (exact) mass is 431 g/mol. The highest BCUT2D eigenvalue weighted by molar-refractivity contribution is 5.79. The Bertz CT molecular complexity index is 797. The first-order valence-electron chi connectivity index (χ1n) is 10.3. The van der Waals surface area contributed by atoms with Crippen LogP contribution in [0.5, 0.6) is 0 Å². The molecule has 6 rings (SSSR count). The number of nitrogens with one attached hydrogen (secondary N) is 1. The van der Waals surface area contributed by atoms with Gasteiger partial charge in [0.25, 0.3) is 0 Å². The van der Waals surface area contributed by atoms with Crippen molar-refractivity contribution in [2.75, 3.05) is 13.2 Å². The second-order valence-corrected chi connectivity index (χ2v) is 9.44. The molecular formula is C19H24F3N3O5. The Morgan fingerprint density at radius 1 is 1.20 bits per heavy atom. The van der Waals surface area contributed by atoms with Crippen LogP contribution < -0.4 is 5.32 Å². The SMILES string of the molecule is O=C(COCC1CC(O)C1)NC12CC(c3nnc(C4CC(OC(F)(F)F)C4)o3)(C1)C2. The second-order valence-electron chi connectivity index (χ2n) is 9.44. The molecule has 1 aromatic heterocycles. The highest BCUT2D eigenvalue weighted by Gasteiger charge is 2.71. The first-order chi connectivity index (χ1) is 14.1. The molecule has 5 fully saturated rings. The molecule has 166 valence electrons. The normalized spacial score (nSPS) is 39.3. The van der Waals surface area contributed by atoms with Gasteiger partial charge < -0.3 is 19.6 Å². The number of carbonyl (C=O) groups excluding carboxylic acids is 1. The second kappa shape index (κ2) is 6.89. The lowest BCUT2D eigenvalue weighted by Gasteiger charge is -2.68. The number of aliphatic hydroxyl groups excluding tert-OH is 1. The summed E-state index contributed by atoms with van der Waals surface area (Å²) in [4.78, 5) is 12.1. The minimum absolute atomic E-state index is 0.00882. The van der Waals surface area contributed by atoms with E-state index in [1.165, 1.54) is 0 Å². The number of aliphatic hydroxyl groups is 1. The van der Waals surface area contributed by atoms with Crippen molar-refractivity contribution in [3.63, 3.8) is 0 Å². The van der Waals surface area contributed by atoms with Gasteiger partial charge in [-0.25, -0.2) is 0 Å². The molecular weight excluding hydrogens is 407 g/mol. The maximum Gasteiger partial charge on any atom is 0.522 e. The molecule has 1 aromatic rings. The smallest absolute Gasteiger partial charge is 0.424 e. The maximum absolute atomic E-state index is 12.2. The van der Waals surface area contributed by atoms with E-state index in [2.05, 4.69) is 20.3 Å². The van der Waals surface area contributed by atoms with Gasteiger partial charge in [-0.15, -0.1) is 23.4 Å². The summed E-state index contributed by atoms with van der Waals surface area (Å²) in [6, 6.07) is 0. The Balaban J connectivity index is 1.04. The van der Waals surface area contributed by atoms with Crippen molar-refractivity contribution in [1.29, 1.82) is 0 Å². The van der Waals surface area contributed by atoms with E-state index in [4.69, 9.17) is 9.15 Å². The van der Waals surface area contributed by atoms with E-state index in [9.17, 15) is 23.1 Å².